The summed E-state index contributed by atoms with van der Waals surface area (Å²) in [6.07, 6.45) is -7.75. The van der Waals surface area contributed by atoms with E-state index < -0.39 is 18.7 Å². The van der Waals surface area contributed by atoms with E-state index in [0.717, 1.165) is 0 Å². The molecule has 0 saturated carbocycles. The quantitative estimate of drug-likeness (QED) is 0.372. The standard InChI is InChI=1S/3CHFO2.Ru/c3*2-1(3)4;/h3*(H,3,4);/q;;;+3/p-3. The van der Waals surface area contributed by atoms with E-state index in [9.17, 15) is 13.2 Å². The molecule has 0 spiro atoms. The van der Waals surface area contributed by atoms with Crippen molar-refractivity contribution in [2.45, 2.75) is 0 Å². The minimum atomic E-state index is -2.58. The van der Waals surface area contributed by atoms with Gasteiger partial charge >= 0.3 is 19.5 Å². The van der Waals surface area contributed by atoms with E-state index in [2.05, 4.69) is 0 Å². The third-order valence-corrected chi connectivity index (χ3v) is 0. The van der Waals surface area contributed by atoms with Crippen LogP contribution in [-0.4, -0.2) is 18.7 Å². The Hall–Kier alpha value is -1.18. The number of rotatable bonds is 0. The molecule has 0 amide bonds. The Morgan fingerprint density at radius 1 is 0.692 bits per heavy atom. The van der Waals surface area contributed by atoms with Crippen LogP contribution in [0.2, 0.25) is 0 Å². The number of hydrogen-bond donors (Lipinski definition) is 0. The molecule has 0 aliphatic heterocycles. The molecule has 10 heteroatoms. The van der Waals surface area contributed by atoms with Crippen molar-refractivity contribution in [1.82, 2.24) is 0 Å². The van der Waals surface area contributed by atoms with Gasteiger partial charge in [0.05, 0.1) is 0 Å². The van der Waals surface area contributed by atoms with Gasteiger partial charge in [-0.2, -0.15) is 13.2 Å². The summed E-state index contributed by atoms with van der Waals surface area (Å²) in [5, 5.41) is 24.7. The van der Waals surface area contributed by atoms with Crippen LogP contribution in [0.15, 0.2) is 0 Å². The smallest absolute Gasteiger partial charge is 0.520 e. The Morgan fingerprint density at radius 2 is 0.692 bits per heavy atom. The van der Waals surface area contributed by atoms with Gasteiger partial charge in [-0.1, -0.05) is 0 Å². The van der Waals surface area contributed by atoms with Gasteiger partial charge in [-0.05, 0) is 0 Å². The first-order valence-electron chi connectivity index (χ1n) is 1.79. The Balaban J connectivity index is -0.0000000450. The summed E-state index contributed by atoms with van der Waals surface area (Å²) >= 11 is 0. The first-order valence-corrected chi connectivity index (χ1v) is 1.79. The van der Waals surface area contributed by atoms with Crippen LogP contribution < -0.4 is 15.3 Å². The zero-order valence-electron chi connectivity index (χ0n) is 5.44. The molecule has 0 aromatic rings. The van der Waals surface area contributed by atoms with Gasteiger partial charge in [0.2, 0.25) is 18.7 Å². The van der Waals surface area contributed by atoms with Crippen LogP contribution in [-0.2, 0) is 19.5 Å². The van der Waals surface area contributed by atoms with E-state index in [-0.39, 0.29) is 19.5 Å². The largest absolute Gasteiger partial charge is 3.00 e. The maximum absolute atomic E-state index is 9.81. The fraction of sp³-hybridized carbons (Fsp3) is 0. The van der Waals surface area contributed by atoms with E-state index in [1.807, 2.05) is 0 Å². The second kappa shape index (κ2) is 17.1. The zero-order valence-corrected chi connectivity index (χ0v) is 7.18. The predicted octanol–water partition coefficient (Wildman–Crippen LogP) is -2.10. The molecule has 77 valence electrons. The molecule has 0 N–H and O–H groups in total. The summed E-state index contributed by atoms with van der Waals surface area (Å²) in [5.74, 6) is 0. The van der Waals surface area contributed by atoms with Gasteiger partial charge in [0.25, 0.3) is 0 Å². The van der Waals surface area contributed by atoms with Crippen molar-refractivity contribution in [3.05, 3.63) is 0 Å². The van der Waals surface area contributed by atoms with E-state index in [1.54, 1.807) is 0 Å². The number of carbonyl (C=O) groups is 3. The van der Waals surface area contributed by atoms with Crippen LogP contribution >= 0.6 is 0 Å². The first kappa shape index (κ1) is 22.6. The van der Waals surface area contributed by atoms with Crippen LogP contribution in [0.3, 0.4) is 0 Å². The second-order valence-electron chi connectivity index (χ2n) is 0.713. The molecule has 0 rings (SSSR count). The van der Waals surface area contributed by atoms with E-state index in [0.29, 0.717) is 0 Å². The molecule has 1 radical (unpaired) electrons. The zero-order chi connectivity index (χ0) is 10.7. The Labute approximate surface area is 81.7 Å². The van der Waals surface area contributed by atoms with Crippen molar-refractivity contribution in [3.63, 3.8) is 0 Å². The summed E-state index contributed by atoms with van der Waals surface area (Å²) < 4.78 is 29.4. The fourth-order valence-electron chi connectivity index (χ4n) is 0. The minimum absolute atomic E-state index is 0. The molecule has 0 aromatic carbocycles. The van der Waals surface area contributed by atoms with Gasteiger partial charge in [-0.25, -0.2) is 0 Å². The van der Waals surface area contributed by atoms with Crippen LogP contribution in [0.25, 0.3) is 0 Å². The van der Waals surface area contributed by atoms with Crippen molar-refractivity contribution in [3.8, 4) is 0 Å². The third-order valence-electron chi connectivity index (χ3n) is 0. The average molecular weight is 290 g/mol. The SMILES string of the molecule is O=C([O-])F.O=C([O-])F.O=C([O-])F.[Ru+3]. The van der Waals surface area contributed by atoms with Crippen molar-refractivity contribution >= 4 is 18.7 Å². The Kier molecular flexibility index (Phi) is 29.7. The van der Waals surface area contributed by atoms with Gasteiger partial charge in [-0.3, -0.25) is 0 Å². The van der Waals surface area contributed by atoms with Gasteiger partial charge in [0.1, 0.15) is 0 Å². The Bertz CT molecular complexity index is 121. The van der Waals surface area contributed by atoms with Crippen molar-refractivity contribution in [2.75, 3.05) is 0 Å². The van der Waals surface area contributed by atoms with Gasteiger partial charge in [0.15, 0.2) is 0 Å². The maximum Gasteiger partial charge on any atom is 3.00 e. The molecular formula is C3F3O6Ru. The molecule has 0 saturated heterocycles. The van der Waals surface area contributed by atoms with Gasteiger partial charge < -0.3 is 29.7 Å². The summed E-state index contributed by atoms with van der Waals surface area (Å²) in [5.41, 5.74) is 0. The molecule has 0 heterocycles. The summed E-state index contributed by atoms with van der Waals surface area (Å²) in [6.45, 7) is 0. The van der Waals surface area contributed by atoms with Crippen LogP contribution in [0.5, 0.6) is 0 Å². The molecule has 0 fully saturated rings. The summed E-state index contributed by atoms with van der Waals surface area (Å²) in [4.78, 5) is 24.7. The van der Waals surface area contributed by atoms with E-state index in [4.69, 9.17) is 29.7 Å². The van der Waals surface area contributed by atoms with Crippen LogP contribution in [0.4, 0.5) is 27.6 Å². The van der Waals surface area contributed by atoms with Crippen molar-refractivity contribution < 1.29 is 62.4 Å². The number of halogens is 3. The topological polar surface area (TPSA) is 120 Å². The van der Waals surface area contributed by atoms with E-state index >= 15 is 0 Å². The van der Waals surface area contributed by atoms with Crippen LogP contribution in [0.1, 0.15) is 0 Å². The maximum atomic E-state index is 9.81. The molecule has 0 aromatic heterocycles. The van der Waals surface area contributed by atoms with E-state index in [1.165, 1.54) is 0 Å². The predicted molar refractivity (Wildman–Crippen MR) is 19.5 cm³/mol. The monoisotopic (exact) mass is 291 g/mol. The molecule has 0 aliphatic carbocycles. The summed E-state index contributed by atoms with van der Waals surface area (Å²) in [6, 6.07) is 0. The number of carbonyl (C=O) groups excluding carboxylic acids is 3. The first-order chi connectivity index (χ1) is 5.20. The van der Waals surface area contributed by atoms with Gasteiger partial charge in [-0.15, -0.1) is 0 Å². The molecule has 6 nitrogen and oxygen atoms in total. The fourth-order valence-corrected chi connectivity index (χ4v) is 0. The number of carboxylic acid groups (broad SMARTS) is 3. The molecular weight excluding hydrogens is 290 g/mol. The normalized spacial score (nSPS) is 5.77. The van der Waals surface area contributed by atoms with Gasteiger partial charge in [0, 0.05) is 0 Å². The molecule has 13 heavy (non-hydrogen) atoms. The van der Waals surface area contributed by atoms with Crippen molar-refractivity contribution in [1.29, 1.82) is 0 Å². The minimum Gasteiger partial charge on any atom is -0.520 e. The average Bonchev–Trinajstić information content (AvgIpc) is 1.54. The number of hydrogen-bond acceptors (Lipinski definition) is 6. The molecule has 0 unspecified atom stereocenters. The summed E-state index contributed by atoms with van der Waals surface area (Å²) in [7, 11) is 0. The molecule has 0 aliphatic rings. The van der Waals surface area contributed by atoms with Crippen molar-refractivity contribution in [2.24, 2.45) is 0 Å². The second-order valence-corrected chi connectivity index (χ2v) is 0.713. The third kappa shape index (κ3) is 609. The molecule has 0 atom stereocenters. The Morgan fingerprint density at radius 3 is 0.692 bits per heavy atom. The molecule has 0 bridgehead atoms. The van der Waals surface area contributed by atoms with Crippen LogP contribution in [0, 0.1) is 0 Å².